The average molecular weight is 537 g/mol. The van der Waals surface area contributed by atoms with Crippen molar-refractivity contribution in [1.82, 2.24) is 14.9 Å². The lowest BCUT2D eigenvalue weighted by Gasteiger charge is -2.15. The number of nitrogens with one attached hydrogen (secondary N) is 3. The number of nitrogens with zero attached hydrogens (tertiary/aromatic N) is 3. The zero-order chi connectivity index (χ0) is 27.9. The Morgan fingerprint density at radius 2 is 1.73 bits per heavy atom. The zero-order valence-electron chi connectivity index (χ0n) is 22.8. The van der Waals surface area contributed by atoms with Crippen molar-refractivity contribution < 1.29 is 13.9 Å². The van der Waals surface area contributed by atoms with E-state index in [1.165, 1.54) is 6.33 Å². The highest BCUT2D eigenvalue weighted by molar-refractivity contribution is 6.00. The quantitative estimate of drug-likeness (QED) is 0.194. The van der Waals surface area contributed by atoms with Crippen LogP contribution in [0.5, 0.6) is 5.75 Å². The maximum absolute atomic E-state index is 12.6. The number of carbonyl (C=O) groups excluding carboxylic acids is 1. The lowest BCUT2D eigenvalue weighted by atomic mass is 10.1. The number of hydrogen-bond donors (Lipinski definition) is 3. The zero-order valence-corrected chi connectivity index (χ0v) is 22.8. The summed E-state index contributed by atoms with van der Waals surface area (Å²) in [6.07, 6.45) is 2.27. The van der Waals surface area contributed by atoms with Crippen LogP contribution in [0.4, 0.5) is 22.0 Å². The van der Waals surface area contributed by atoms with Gasteiger partial charge in [0.25, 0.3) is 0 Å². The van der Waals surface area contributed by atoms with Crippen molar-refractivity contribution in [1.29, 1.82) is 0 Å². The number of aromatic nitrogens is 2. The van der Waals surface area contributed by atoms with Gasteiger partial charge in [0.05, 0.1) is 12.5 Å². The highest BCUT2D eigenvalue weighted by Gasteiger charge is 2.12. The Hall–Kier alpha value is -4.89. The molecule has 0 bridgehead atoms. The van der Waals surface area contributed by atoms with Crippen LogP contribution in [0.15, 0.2) is 89.6 Å². The van der Waals surface area contributed by atoms with Crippen molar-refractivity contribution in [3.8, 4) is 17.1 Å². The molecule has 5 rings (SSSR count). The number of fused-ring (bicyclic) bond motifs is 1. The van der Waals surface area contributed by atoms with E-state index in [0.29, 0.717) is 12.3 Å². The van der Waals surface area contributed by atoms with Gasteiger partial charge in [-0.25, -0.2) is 14.8 Å². The molecule has 3 N–H and O–H groups in total. The first kappa shape index (κ1) is 26.7. The molecule has 0 fully saturated rings. The topological polar surface area (TPSA) is 105 Å². The number of carbonyl (C=O) groups is 1. The molecule has 0 unspecified atom stereocenters. The second kappa shape index (κ2) is 12.3. The fourth-order valence-electron chi connectivity index (χ4n) is 4.38. The summed E-state index contributed by atoms with van der Waals surface area (Å²) in [4.78, 5) is 23.4. The fourth-order valence-corrected chi connectivity index (χ4v) is 4.38. The van der Waals surface area contributed by atoms with Crippen LogP contribution in [0.3, 0.4) is 0 Å². The third kappa shape index (κ3) is 6.57. The van der Waals surface area contributed by atoms with E-state index in [4.69, 9.17) is 9.15 Å². The standard InChI is InChI=1S/C31H32N6O3/c1-37(2)19-23-6-4-5-7-27(23)36-31(38)35-24-12-8-21(9-13-24)16-17-32-29-26-18-28(40-30(26)34-20-33-29)22-10-14-25(39-3)15-11-22/h4-15,18,20H,16-17,19H2,1-3H3,(H,32,33,34)(H2,35,36,38). The van der Waals surface area contributed by atoms with Gasteiger partial charge < -0.3 is 30.0 Å². The Bertz CT molecular complexity index is 1580. The van der Waals surface area contributed by atoms with Crippen molar-refractivity contribution in [2.24, 2.45) is 0 Å². The van der Waals surface area contributed by atoms with Gasteiger partial charge in [-0.3, -0.25) is 0 Å². The smallest absolute Gasteiger partial charge is 0.323 e. The van der Waals surface area contributed by atoms with Gasteiger partial charge in [-0.15, -0.1) is 0 Å². The summed E-state index contributed by atoms with van der Waals surface area (Å²) >= 11 is 0. The first-order chi connectivity index (χ1) is 19.5. The Kier molecular flexibility index (Phi) is 8.22. The van der Waals surface area contributed by atoms with Gasteiger partial charge in [-0.1, -0.05) is 30.3 Å². The predicted octanol–water partition coefficient (Wildman–Crippen LogP) is 6.26. The summed E-state index contributed by atoms with van der Waals surface area (Å²) in [5.41, 5.74) is 5.17. The number of ether oxygens (including phenoxy) is 1. The Morgan fingerprint density at radius 1 is 0.950 bits per heavy atom. The van der Waals surface area contributed by atoms with Gasteiger partial charge in [-0.2, -0.15) is 0 Å². The van der Waals surface area contributed by atoms with Gasteiger partial charge in [0.2, 0.25) is 5.71 Å². The molecule has 5 aromatic rings. The molecule has 0 aliphatic heterocycles. The van der Waals surface area contributed by atoms with Gasteiger partial charge in [0.15, 0.2) is 0 Å². The van der Waals surface area contributed by atoms with Crippen molar-refractivity contribution in [2.45, 2.75) is 13.0 Å². The minimum Gasteiger partial charge on any atom is -0.497 e. The van der Waals surface area contributed by atoms with Crippen LogP contribution in [0.1, 0.15) is 11.1 Å². The van der Waals surface area contributed by atoms with Crippen molar-refractivity contribution in [3.63, 3.8) is 0 Å². The van der Waals surface area contributed by atoms with Gasteiger partial charge in [0, 0.05) is 30.0 Å². The molecule has 2 aromatic heterocycles. The third-order valence-corrected chi connectivity index (χ3v) is 6.37. The number of amides is 2. The molecular weight excluding hydrogens is 504 g/mol. The monoisotopic (exact) mass is 536 g/mol. The molecule has 0 saturated heterocycles. The van der Waals surface area contributed by atoms with Gasteiger partial charge in [0.1, 0.15) is 23.7 Å². The Balaban J connectivity index is 1.16. The van der Waals surface area contributed by atoms with Crippen LogP contribution >= 0.6 is 0 Å². The molecule has 9 nitrogen and oxygen atoms in total. The van der Waals surface area contributed by atoms with E-state index in [1.54, 1.807) is 7.11 Å². The highest BCUT2D eigenvalue weighted by Crippen LogP contribution is 2.31. The van der Waals surface area contributed by atoms with Crippen molar-refractivity contribution in [3.05, 3.63) is 96.3 Å². The van der Waals surface area contributed by atoms with E-state index < -0.39 is 0 Å². The molecule has 0 saturated carbocycles. The third-order valence-electron chi connectivity index (χ3n) is 6.37. The number of anilines is 3. The molecule has 40 heavy (non-hydrogen) atoms. The lowest BCUT2D eigenvalue weighted by molar-refractivity contribution is 0.262. The summed E-state index contributed by atoms with van der Waals surface area (Å²) in [5, 5.41) is 10.1. The molecule has 204 valence electrons. The number of benzene rings is 3. The van der Waals surface area contributed by atoms with Crippen LogP contribution in [-0.2, 0) is 13.0 Å². The van der Waals surface area contributed by atoms with Crippen LogP contribution in [0.25, 0.3) is 22.4 Å². The second-order valence-corrected chi connectivity index (χ2v) is 9.63. The molecule has 3 aromatic carbocycles. The molecule has 0 atom stereocenters. The molecule has 0 radical (unpaired) electrons. The number of furan rings is 1. The maximum Gasteiger partial charge on any atom is 0.323 e. The van der Waals surface area contributed by atoms with E-state index in [0.717, 1.165) is 63.7 Å². The normalized spacial score (nSPS) is 11.0. The molecule has 0 aliphatic rings. The first-order valence-electron chi connectivity index (χ1n) is 13.0. The Morgan fingerprint density at radius 3 is 2.48 bits per heavy atom. The summed E-state index contributed by atoms with van der Waals surface area (Å²) < 4.78 is 11.2. The first-order valence-corrected chi connectivity index (χ1v) is 13.0. The van der Waals surface area contributed by atoms with E-state index >= 15 is 0 Å². The van der Waals surface area contributed by atoms with Gasteiger partial charge in [-0.05, 0) is 80.2 Å². The van der Waals surface area contributed by atoms with E-state index in [9.17, 15) is 4.79 Å². The number of para-hydroxylation sites is 1. The minimum atomic E-state index is -0.275. The van der Waals surface area contributed by atoms with E-state index in [2.05, 4.69) is 30.8 Å². The lowest BCUT2D eigenvalue weighted by Crippen LogP contribution is -2.21. The van der Waals surface area contributed by atoms with E-state index in [-0.39, 0.29) is 6.03 Å². The molecule has 0 aliphatic carbocycles. The predicted molar refractivity (Wildman–Crippen MR) is 159 cm³/mol. The SMILES string of the molecule is COc1ccc(-c2cc3c(NCCc4ccc(NC(=O)Nc5ccccc5CN(C)C)cc4)ncnc3o2)cc1. The Labute approximate surface area is 233 Å². The largest absolute Gasteiger partial charge is 0.497 e. The number of rotatable bonds is 10. The van der Waals surface area contributed by atoms with Crippen molar-refractivity contribution >= 4 is 34.3 Å². The van der Waals surface area contributed by atoms with Crippen LogP contribution in [-0.4, -0.2) is 48.6 Å². The number of hydrogen-bond acceptors (Lipinski definition) is 7. The van der Waals surface area contributed by atoms with Crippen LogP contribution in [0.2, 0.25) is 0 Å². The van der Waals surface area contributed by atoms with Crippen molar-refractivity contribution in [2.75, 3.05) is 43.7 Å². The molecule has 9 heteroatoms. The molecule has 2 heterocycles. The second-order valence-electron chi connectivity index (χ2n) is 9.63. The number of methoxy groups -OCH3 is 1. The molecule has 0 spiro atoms. The van der Waals surface area contributed by atoms with Crippen LogP contribution in [0, 0.1) is 0 Å². The van der Waals surface area contributed by atoms with Crippen LogP contribution < -0.4 is 20.7 Å². The summed E-state index contributed by atoms with van der Waals surface area (Å²) in [6, 6.07) is 25.0. The maximum atomic E-state index is 12.6. The highest BCUT2D eigenvalue weighted by atomic mass is 16.5. The fraction of sp³-hybridized carbons (Fsp3) is 0.194. The molecule has 2 amide bonds. The summed E-state index contributed by atoms with van der Waals surface area (Å²) in [7, 11) is 5.64. The average Bonchev–Trinajstić information content (AvgIpc) is 3.40. The van der Waals surface area contributed by atoms with Gasteiger partial charge >= 0.3 is 6.03 Å². The minimum absolute atomic E-state index is 0.275. The van der Waals surface area contributed by atoms with E-state index in [1.807, 2.05) is 93.0 Å². The number of urea groups is 1. The molecular formula is C31H32N6O3. The summed E-state index contributed by atoms with van der Waals surface area (Å²) in [5.74, 6) is 2.23. The summed E-state index contributed by atoms with van der Waals surface area (Å²) in [6.45, 7) is 1.41.